The number of carbonyl (C=O) groups excluding carboxylic acids is 12. The molecule has 0 aliphatic carbocycles. The van der Waals surface area contributed by atoms with Crippen LogP contribution in [-0.2, 0) is 114 Å². The Kier molecular flexibility index (Phi) is 42.8. The third-order valence-electron chi connectivity index (χ3n) is 10.2. The number of thiol groups is 2. The average molecular weight is 1260 g/mol. The van der Waals surface area contributed by atoms with Crippen LogP contribution in [0.4, 0.5) is 0 Å². The van der Waals surface area contributed by atoms with Crippen molar-refractivity contribution in [1.82, 2.24) is 4.72 Å². The molecule has 0 amide bonds. The third kappa shape index (κ3) is 38.3. The summed E-state index contributed by atoms with van der Waals surface area (Å²) in [7, 11) is 0. The average Bonchev–Trinajstić information content (AvgIpc) is 3.58. The zero-order valence-corrected chi connectivity index (χ0v) is 49.5. The summed E-state index contributed by atoms with van der Waals surface area (Å²) in [5.74, 6) is -9.02. The summed E-state index contributed by atoms with van der Waals surface area (Å²) in [6.45, 7) is 3.44. The number of hydrogen-bond donors (Lipinski definition) is 6. The van der Waals surface area contributed by atoms with E-state index in [1.165, 1.54) is 5.41 Å². The summed E-state index contributed by atoms with van der Waals surface area (Å²) in [5.41, 5.74) is 11.6. The molecule has 83 heavy (non-hydrogen) atoms. The summed E-state index contributed by atoms with van der Waals surface area (Å²) in [4.78, 5) is 149. The lowest BCUT2D eigenvalue weighted by molar-refractivity contribution is -0.173. The SMILES string of the molecule is C=CC(=O)OCC(COC(=O)C=C)(COC(=O)C=C)COC(=O)/C=C\SCCC(=O)OCC(COC(=O)CCS)(COC(=O)CCS)COC(=O)CCSNCCC(=O)OCC(COC(=O)CCN)(COC(=O)CCN)COC(=O)CCN. The van der Waals surface area contributed by atoms with E-state index >= 15 is 0 Å². The Bertz CT molecular complexity index is 2030. The van der Waals surface area contributed by atoms with Crippen molar-refractivity contribution in [2.45, 2.75) is 51.4 Å². The van der Waals surface area contributed by atoms with Gasteiger partial charge in [-0.15, -0.1) is 11.8 Å². The van der Waals surface area contributed by atoms with Crippen LogP contribution in [-0.4, -0.2) is 200 Å². The number of nitrogens with two attached hydrogens (primary N) is 3. The van der Waals surface area contributed by atoms with Crippen LogP contribution in [0.5, 0.6) is 0 Å². The molecule has 0 aromatic heterocycles. The van der Waals surface area contributed by atoms with Crippen molar-refractivity contribution >= 4 is 121 Å². The van der Waals surface area contributed by atoms with Crippen LogP contribution in [0.25, 0.3) is 0 Å². The number of hydrogen-bond acceptors (Lipinski definition) is 32. The van der Waals surface area contributed by atoms with Crippen molar-refractivity contribution < 1.29 is 114 Å². The van der Waals surface area contributed by atoms with E-state index in [0.717, 1.165) is 48.0 Å². The summed E-state index contributed by atoms with van der Waals surface area (Å²) in [6, 6.07) is 0. The molecule has 0 radical (unpaired) electrons. The first-order valence-electron chi connectivity index (χ1n) is 25.4. The molecule has 32 heteroatoms. The minimum atomic E-state index is -1.61. The Morgan fingerprint density at radius 2 is 0.639 bits per heavy atom. The van der Waals surface area contributed by atoms with Gasteiger partial charge in [-0.2, -0.15) is 25.3 Å². The van der Waals surface area contributed by atoms with E-state index in [4.69, 9.17) is 74.0 Å². The second kappa shape index (κ2) is 46.2. The lowest BCUT2D eigenvalue weighted by Gasteiger charge is -2.31. The quantitative estimate of drug-likeness (QED) is 0.0120. The van der Waals surface area contributed by atoms with Gasteiger partial charge in [-0.3, -0.25) is 43.1 Å². The fourth-order valence-electron chi connectivity index (χ4n) is 5.60. The highest BCUT2D eigenvalue weighted by Crippen LogP contribution is 2.25. The topological polar surface area (TPSA) is 406 Å². The maximum atomic E-state index is 13.1. The Labute approximate surface area is 500 Å². The summed E-state index contributed by atoms with van der Waals surface area (Å²) < 4.78 is 66.7. The molecule has 0 aromatic rings. The molecule has 0 aromatic carbocycles. The van der Waals surface area contributed by atoms with Crippen LogP contribution in [0.3, 0.4) is 0 Å². The van der Waals surface area contributed by atoms with E-state index in [-0.39, 0.29) is 101 Å². The molecule has 0 fully saturated rings. The van der Waals surface area contributed by atoms with Crippen molar-refractivity contribution in [2.75, 3.05) is 128 Å². The first-order chi connectivity index (χ1) is 39.6. The Balaban J connectivity index is 5.80. The highest BCUT2D eigenvalue weighted by atomic mass is 32.2. The maximum Gasteiger partial charge on any atom is 0.331 e. The smallest absolute Gasteiger partial charge is 0.331 e. The molecule has 0 atom stereocenters. The highest BCUT2D eigenvalue weighted by Gasteiger charge is 2.40. The van der Waals surface area contributed by atoms with Crippen LogP contribution >= 0.6 is 49.0 Å². The van der Waals surface area contributed by atoms with E-state index in [9.17, 15) is 57.5 Å². The van der Waals surface area contributed by atoms with Crippen LogP contribution in [0.15, 0.2) is 49.4 Å². The van der Waals surface area contributed by atoms with Gasteiger partial charge in [-0.25, -0.2) is 19.2 Å². The van der Waals surface area contributed by atoms with Gasteiger partial charge >= 0.3 is 71.6 Å². The van der Waals surface area contributed by atoms with Gasteiger partial charge in [0.2, 0.25) is 0 Å². The Morgan fingerprint density at radius 3 is 0.940 bits per heavy atom. The van der Waals surface area contributed by atoms with Crippen LogP contribution in [0.2, 0.25) is 0 Å². The number of rotatable bonds is 49. The van der Waals surface area contributed by atoms with Crippen molar-refractivity contribution in [1.29, 1.82) is 0 Å². The van der Waals surface area contributed by atoms with Crippen LogP contribution < -0.4 is 21.9 Å². The molecule has 7 N–H and O–H groups in total. The van der Waals surface area contributed by atoms with Crippen molar-refractivity contribution in [3.05, 3.63) is 49.4 Å². The van der Waals surface area contributed by atoms with E-state index in [0.29, 0.717) is 0 Å². The number of nitrogens with one attached hydrogen (secondary N) is 1. The molecule has 0 rings (SSSR count). The van der Waals surface area contributed by atoms with Crippen molar-refractivity contribution in [2.24, 2.45) is 33.4 Å². The molecular weight excluding hydrogens is 1180 g/mol. The molecule has 28 nitrogen and oxygen atoms in total. The van der Waals surface area contributed by atoms with Crippen molar-refractivity contribution in [3.8, 4) is 0 Å². The molecule has 0 heterocycles. The number of esters is 12. The largest absolute Gasteiger partial charge is 0.465 e. The van der Waals surface area contributed by atoms with E-state index in [1.54, 1.807) is 0 Å². The predicted octanol–water partition coefficient (Wildman–Crippen LogP) is 0.363. The fourth-order valence-corrected chi connectivity index (χ4v) is 7.25. The highest BCUT2D eigenvalue weighted by molar-refractivity contribution is 8.02. The van der Waals surface area contributed by atoms with Gasteiger partial charge in [-0.1, -0.05) is 31.7 Å². The second-order valence-electron chi connectivity index (χ2n) is 17.6. The van der Waals surface area contributed by atoms with Gasteiger partial charge in [-0.05, 0) is 5.41 Å². The molecule has 0 bridgehead atoms. The molecular formula is C51H76N4O24S4. The molecule has 0 aliphatic rings. The Morgan fingerprint density at radius 1 is 0.373 bits per heavy atom. The zero-order valence-electron chi connectivity index (χ0n) is 46.0. The first kappa shape index (κ1) is 76.8. The van der Waals surface area contributed by atoms with E-state index < -0.39 is 167 Å². The molecule has 0 saturated carbocycles. The van der Waals surface area contributed by atoms with Gasteiger partial charge in [0.15, 0.2) is 0 Å². The maximum absolute atomic E-state index is 13.1. The number of carbonyl (C=O) groups is 12. The third-order valence-corrected chi connectivity index (χ3v) is 12.3. The van der Waals surface area contributed by atoms with Crippen LogP contribution in [0, 0.1) is 16.2 Å². The monoisotopic (exact) mass is 1260 g/mol. The van der Waals surface area contributed by atoms with E-state index in [1.807, 2.05) is 0 Å². The molecule has 0 aliphatic heterocycles. The van der Waals surface area contributed by atoms with Gasteiger partial charge in [0, 0.05) is 73.5 Å². The van der Waals surface area contributed by atoms with Gasteiger partial charge < -0.3 is 74.0 Å². The van der Waals surface area contributed by atoms with Gasteiger partial charge in [0.1, 0.15) is 95.5 Å². The molecule has 0 unspecified atom stereocenters. The normalized spacial score (nSPS) is 11.2. The lowest BCUT2D eigenvalue weighted by atomic mass is 9.92. The minimum absolute atomic E-state index is 0.0215. The van der Waals surface area contributed by atoms with Gasteiger partial charge in [0.25, 0.3) is 0 Å². The number of thioether (sulfide) groups is 1. The fraction of sp³-hybridized carbons (Fsp3) is 0.608. The lowest BCUT2D eigenvalue weighted by Crippen LogP contribution is -2.44. The minimum Gasteiger partial charge on any atom is -0.465 e. The molecule has 0 saturated heterocycles. The summed E-state index contributed by atoms with van der Waals surface area (Å²) in [6.07, 6.45) is 2.19. The molecule has 0 spiro atoms. The van der Waals surface area contributed by atoms with Gasteiger partial charge in [0.05, 0.1) is 51.4 Å². The second-order valence-corrected chi connectivity index (χ2v) is 20.5. The van der Waals surface area contributed by atoms with Crippen LogP contribution in [0.1, 0.15) is 51.4 Å². The predicted molar refractivity (Wildman–Crippen MR) is 303 cm³/mol. The Hall–Kier alpha value is -6.16. The molecule has 468 valence electrons. The van der Waals surface area contributed by atoms with Crippen molar-refractivity contribution in [3.63, 3.8) is 0 Å². The summed E-state index contributed by atoms with van der Waals surface area (Å²) >= 11 is 10.1. The zero-order chi connectivity index (χ0) is 62.4. The number of ether oxygens (including phenoxy) is 12. The summed E-state index contributed by atoms with van der Waals surface area (Å²) in [5, 5.41) is 1.29. The van der Waals surface area contributed by atoms with E-state index in [2.05, 4.69) is 49.7 Å². The standard InChI is InChI=1S/C51H76N4O24S4/c1-4-37(56)68-25-49(26-69-38(57)5-2,27-70-39(58)6-3)34-77-46(65)13-22-82-23-14-47(66)78-35-51(32-75-44(63)11-20-80,33-76-45(64)12-21-81)36-79-48(67)15-24-83-55-19-10-43(62)74-31-50(28-71-40(59)7-16-52,29-72-41(60)8-17-53)30-73-42(61)9-18-54/h4-6,13,22,55,80-81H,1-3,7-12,14-21,23-36,52-54H2/b22-13-. The first-order valence-corrected chi connectivity index (χ1v) is 28.7.